The zero-order valence-electron chi connectivity index (χ0n) is 13.5. The van der Waals surface area contributed by atoms with Gasteiger partial charge in [-0.2, -0.15) is 0 Å². The Morgan fingerprint density at radius 2 is 1.86 bits per heavy atom. The van der Waals surface area contributed by atoms with Crippen molar-refractivity contribution in [1.29, 1.82) is 0 Å². The van der Waals surface area contributed by atoms with Gasteiger partial charge < -0.3 is 10.0 Å². The lowest BCUT2D eigenvalue weighted by molar-refractivity contribution is -0.122. The molecule has 3 heteroatoms. The summed E-state index contributed by atoms with van der Waals surface area (Å²) in [6.07, 6.45) is 2.78. The van der Waals surface area contributed by atoms with Crippen LogP contribution in [0.4, 0.5) is 4.39 Å². The van der Waals surface area contributed by atoms with Crippen molar-refractivity contribution in [2.24, 2.45) is 11.3 Å². The Morgan fingerprint density at radius 1 is 1.24 bits per heavy atom. The van der Waals surface area contributed by atoms with Crippen molar-refractivity contribution < 1.29 is 9.50 Å². The van der Waals surface area contributed by atoms with Gasteiger partial charge in [0, 0.05) is 5.41 Å². The summed E-state index contributed by atoms with van der Waals surface area (Å²) in [5.41, 5.74) is 1.49. The Bertz CT molecular complexity index is 561. The van der Waals surface area contributed by atoms with Crippen molar-refractivity contribution >= 4 is 0 Å². The van der Waals surface area contributed by atoms with Crippen LogP contribution >= 0.6 is 0 Å². The first-order chi connectivity index (χ1) is 9.77. The van der Waals surface area contributed by atoms with Gasteiger partial charge in [0.1, 0.15) is 5.82 Å². The van der Waals surface area contributed by atoms with E-state index in [1.54, 1.807) is 6.07 Å². The molecular formula is C18H26FNO. The highest BCUT2D eigenvalue weighted by Crippen LogP contribution is 2.57. The van der Waals surface area contributed by atoms with E-state index in [1.165, 1.54) is 0 Å². The van der Waals surface area contributed by atoms with E-state index in [4.69, 9.17) is 0 Å². The van der Waals surface area contributed by atoms with Gasteiger partial charge in [-0.3, -0.25) is 0 Å². The van der Waals surface area contributed by atoms with E-state index in [1.807, 2.05) is 13.0 Å². The van der Waals surface area contributed by atoms with Crippen LogP contribution in [0, 0.1) is 24.1 Å². The number of hydrogen-bond acceptors (Lipinski definition) is 2. The van der Waals surface area contributed by atoms with Crippen LogP contribution in [0.2, 0.25) is 0 Å². The first-order valence-corrected chi connectivity index (χ1v) is 7.97. The number of hydrogen-bond donors (Lipinski definition) is 1. The van der Waals surface area contributed by atoms with E-state index in [9.17, 15) is 9.50 Å². The molecule has 1 fully saturated rings. The summed E-state index contributed by atoms with van der Waals surface area (Å²) in [6.45, 7) is 8.08. The van der Waals surface area contributed by atoms with Crippen LogP contribution in [0.1, 0.15) is 43.4 Å². The molecule has 0 bridgehead atoms. The molecule has 1 aliphatic carbocycles. The number of benzene rings is 1. The maximum Gasteiger partial charge on any atom is 0.126 e. The van der Waals surface area contributed by atoms with E-state index >= 15 is 0 Å². The molecule has 3 rings (SSSR count). The lowest BCUT2D eigenvalue weighted by atomic mass is 9.65. The fraction of sp³-hybridized carbons (Fsp3) is 0.667. The molecule has 0 amide bonds. The van der Waals surface area contributed by atoms with Crippen molar-refractivity contribution in [2.75, 3.05) is 20.1 Å². The highest BCUT2D eigenvalue weighted by Gasteiger charge is 2.56. The minimum atomic E-state index is -0.907. The van der Waals surface area contributed by atoms with Crippen LogP contribution < -0.4 is 0 Å². The predicted octanol–water partition coefficient (Wildman–Crippen LogP) is 3.25. The van der Waals surface area contributed by atoms with Crippen LogP contribution in [0.3, 0.4) is 0 Å². The van der Waals surface area contributed by atoms with Crippen molar-refractivity contribution in [3.05, 3.63) is 34.6 Å². The second kappa shape index (κ2) is 4.79. The molecule has 1 saturated heterocycles. The molecule has 1 heterocycles. The van der Waals surface area contributed by atoms with Gasteiger partial charge in [0.2, 0.25) is 0 Å². The number of aliphatic hydroxyl groups is 1. The number of fused-ring (bicyclic) bond motifs is 1. The standard InChI is InChI=1S/C18H26FNO/c1-12-15(19)6-5-13-11-17(2,3)18(21,16(12)13)14-7-9-20(4)10-8-14/h5-6,14,21H,7-11H2,1-4H3. The van der Waals surface area contributed by atoms with E-state index in [2.05, 4.69) is 25.8 Å². The molecule has 1 aliphatic heterocycles. The summed E-state index contributed by atoms with van der Waals surface area (Å²) >= 11 is 0. The smallest absolute Gasteiger partial charge is 0.126 e. The maximum absolute atomic E-state index is 14.1. The quantitative estimate of drug-likeness (QED) is 0.858. The molecule has 1 atom stereocenters. The molecule has 1 unspecified atom stereocenters. The fourth-order valence-electron chi connectivity index (χ4n) is 4.55. The number of rotatable bonds is 1. The zero-order valence-corrected chi connectivity index (χ0v) is 13.5. The van der Waals surface area contributed by atoms with E-state index in [0.717, 1.165) is 43.5 Å². The number of halogens is 1. The highest BCUT2D eigenvalue weighted by atomic mass is 19.1. The summed E-state index contributed by atoms with van der Waals surface area (Å²) in [5.74, 6) is 0.0169. The van der Waals surface area contributed by atoms with Gasteiger partial charge in [-0.05, 0) is 75.0 Å². The third-order valence-electron chi connectivity index (χ3n) is 5.84. The average molecular weight is 291 g/mol. The number of nitrogens with zero attached hydrogens (tertiary/aromatic N) is 1. The van der Waals surface area contributed by atoms with Crippen LogP contribution in [0.15, 0.2) is 12.1 Å². The molecule has 21 heavy (non-hydrogen) atoms. The number of likely N-dealkylation sites (tertiary alicyclic amines) is 1. The Morgan fingerprint density at radius 3 is 2.48 bits per heavy atom. The molecule has 0 radical (unpaired) electrons. The largest absolute Gasteiger partial charge is 0.384 e. The summed E-state index contributed by atoms with van der Waals surface area (Å²) in [6, 6.07) is 3.41. The molecule has 0 saturated carbocycles. The zero-order chi connectivity index (χ0) is 15.4. The van der Waals surface area contributed by atoms with Crippen LogP contribution in [0.25, 0.3) is 0 Å². The van der Waals surface area contributed by atoms with Crippen molar-refractivity contribution in [3.63, 3.8) is 0 Å². The molecule has 2 aliphatic rings. The summed E-state index contributed by atoms with van der Waals surface area (Å²) in [4.78, 5) is 2.31. The minimum absolute atomic E-state index is 0.196. The topological polar surface area (TPSA) is 23.5 Å². The van der Waals surface area contributed by atoms with Gasteiger partial charge in [0.15, 0.2) is 0 Å². The maximum atomic E-state index is 14.1. The van der Waals surface area contributed by atoms with E-state index < -0.39 is 5.60 Å². The Kier molecular flexibility index (Phi) is 3.42. The average Bonchev–Trinajstić information content (AvgIpc) is 2.63. The molecular weight excluding hydrogens is 265 g/mol. The van der Waals surface area contributed by atoms with Gasteiger partial charge in [0.05, 0.1) is 5.60 Å². The molecule has 0 spiro atoms. The molecule has 1 aromatic carbocycles. The summed E-state index contributed by atoms with van der Waals surface area (Å²) < 4.78 is 14.1. The molecule has 2 nitrogen and oxygen atoms in total. The van der Waals surface area contributed by atoms with Crippen molar-refractivity contribution in [1.82, 2.24) is 4.90 Å². The monoisotopic (exact) mass is 291 g/mol. The first kappa shape index (κ1) is 15.0. The Hall–Kier alpha value is -0.930. The van der Waals surface area contributed by atoms with E-state index in [-0.39, 0.29) is 17.2 Å². The predicted molar refractivity (Wildman–Crippen MR) is 82.7 cm³/mol. The Labute approximate surface area is 127 Å². The van der Waals surface area contributed by atoms with Crippen LogP contribution in [-0.4, -0.2) is 30.1 Å². The minimum Gasteiger partial charge on any atom is -0.384 e. The van der Waals surface area contributed by atoms with E-state index in [0.29, 0.717) is 5.56 Å². The fourth-order valence-corrected chi connectivity index (χ4v) is 4.55. The summed E-state index contributed by atoms with van der Waals surface area (Å²) in [5, 5.41) is 11.7. The van der Waals surface area contributed by atoms with Gasteiger partial charge in [0.25, 0.3) is 0 Å². The summed E-state index contributed by atoms with van der Waals surface area (Å²) in [7, 11) is 2.12. The van der Waals surface area contributed by atoms with Crippen molar-refractivity contribution in [2.45, 2.75) is 45.6 Å². The molecule has 1 aromatic rings. The van der Waals surface area contributed by atoms with Gasteiger partial charge in [-0.15, -0.1) is 0 Å². The molecule has 0 aromatic heterocycles. The van der Waals surface area contributed by atoms with Crippen molar-refractivity contribution in [3.8, 4) is 0 Å². The highest BCUT2D eigenvalue weighted by molar-refractivity contribution is 5.47. The van der Waals surface area contributed by atoms with Gasteiger partial charge >= 0.3 is 0 Å². The third kappa shape index (κ3) is 2.05. The van der Waals surface area contributed by atoms with Crippen LogP contribution in [0.5, 0.6) is 0 Å². The van der Waals surface area contributed by atoms with Gasteiger partial charge in [-0.25, -0.2) is 4.39 Å². The second-order valence-corrected chi connectivity index (χ2v) is 7.61. The lowest BCUT2D eigenvalue weighted by Crippen LogP contribution is -2.49. The Balaban J connectivity index is 2.10. The normalized spacial score (nSPS) is 29.6. The molecule has 116 valence electrons. The van der Waals surface area contributed by atoms with Gasteiger partial charge in [-0.1, -0.05) is 19.9 Å². The van der Waals surface area contributed by atoms with Crippen LogP contribution in [-0.2, 0) is 12.0 Å². The second-order valence-electron chi connectivity index (χ2n) is 7.61. The first-order valence-electron chi connectivity index (χ1n) is 7.97. The number of piperidine rings is 1. The molecule has 1 N–H and O–H groups in total. The lowest BCUT2D eigenvalue weighted by Gasteiger charge is -2.47. The third-order valence-corrected chi connectivity index (χ3v) is 5.84. The SMILES string of the molecule is Cc1c(F)ccc2c1C(O)(C1CCN(C)CC1)C(C)(C)C2.